The van der Waals surface area contributed by atoms with E-state index in [4.69, 9.17) is 0 Å². The first-order valence-corrected chi connectivity index (χ1v) is 8.95. The smallest absolute Gasteiger partial charge is 0.233 e. The van der Waals surface area contributed by atoms with Gasteiger partial charge in [0.15, 0.2) is 0 Å². The van der Waals surface area contributed by atoms with E-state index in [-0.39, 0.29) is 11.2 Å². The predicted octanol–water partition coefficient (Wildman–Crippen LogP) is 4.81. The number of thioether (sulfide) groups is 1. The quantitative estimate of drug-likeness (QED) is 0.663. The van der Waals surface area contributed by atoms with E-state index in [0.29, 0.717) is 5.92 Å². The lowest BCUT2D eigenvalue weighted by atomic mass is 9.99. The predicted molar refractivity (Wildman–Crippen MR) is 92.8 cm³/mol. The van der Waals surface area contributed by atoms with Crippen LogP contribution < -0.4 is 5.32 Å². The maximum Gasteiger partial charge on any atom is 0.233 e. The molecule has 0 bridgehead atoms. The van der Waals surface area contributed by atoms with Crippen molar-refractivity contribution in [2.75, 3.05) is 6.54 Å². The molecular weight excluding hydrogens is 278 g/mol. The molecule has 0 radical (unpaired) electrons. The van der Waals surface area contributed by atoms with Gasteiger partial charge in [-0.15, -0.1) is 11.8 Å². The van der Waals surface area contributed by atoms with Crippen LogP contribution in [0.25, 0.3) is 0 Å². The molecule has 0 saturated heterocycles. The molecule has 118 valence electrons. The van der Waals surface area contributed by atoms with Crippen molar-refractivity contribution in [2.24, 2.45) is 5.92 Å². The fourth-order valence-electron chi connectivity index (χ4n) is 2.21. The van der Waals surface area contributed by atoms with Crippen LogP contribution in [0, 0.1) is 12.8 Å². The molecule has 1 aromatic carbocycles. The van der Waals surface area contributed by atoms with Gasteiger partial charge in [0.2, 0.25) is 5.91 Å². The molecule has 1 rings (SSSR count). The third kappa shape index (κ3) is 7.03. The number of hydrogen-bond donors (Lipinski definition) is 1. The average Bonchev–Trinajstić information content (AvgIpc) is 2.49. The number of carbonyl (C=O) groups excluding carboxylic acids is 1. The molecule has 2 nitrogen and oxygen atoms in total. The second-order valence-corrected chi connectivity index (χ2v) is 7.15. The van der Waals surface area contributed by atoms with E-state index in [2.05, 4.69) is 50.4 Å². The zero-order valence-corrected chi connectivity index (χ0v) is 14.6. The Hall–Kier alpha value is -0.960. The van der Waals surface area contributed by atoms with Gasteiger partial charge in [0.25, 0.3) is 0 Å². The summed E-state index contributed by atoms with van der Waals surface area (Å²) in [6, 6.07) is 8.34. The maximum atomic E-state index is 12.2. The molecule has 0 spiro atoms. The highest BCUT2D eigenvalue weighted by Crippen LogP contribution is 2.23. The van der Waals surface area contributed by atoms with E-state index in [1.54, 1.807) is 11.8 Å². The zero-order valence-electron chi connectivity index (χ0n) is 13.8. The Morgan fingerprint density at radius 3 is 2.48 bits per heavy atom. The molecule has 0 aromatic heterocycles. The molecular formula is C18H29NOS. The Bertz CT molecular complexity index is 416. The van der Waals surface area contributed by atoms with Crippen LogP contribution in [0.5, 0.6) is 0 Å². The van der Waals surface area contributed by atoms with Gasteiger partial charge < -0.3 is 5.32 Å². The standard InChI is InChI=1S/C18H29NOS/c1-5-7-8-16(6-2)13-19-18(20)15(4)21-17-11-9-14(3)10-12-17/h9-12,15-16H,5-8,13H2,1-4H3,(H,19,20)/t15-,16-/m1/s1. The molecule has 3 heteroatoms. The van der Waals surface area contributed by atoms with Crippen LogP contribution in [-0.2, 0) is 4.79 Å². The van der Waals surface area contributed by atoms with Crippen LogP contribution in [0.4, 0.5) is 0 Å². The molecule has 0 aliphatic rings. The van der Waals surface area contributed by atoms with Gasteiger partial charge in [0.05, 0.1) is 5.25 Å². The first kappa shape index (κ1) is 18.1. The fraction of sp³-hybridized carbons (Fsp3) is 0.611. The SMILES string of the molecule is CCCC[C@@H](CC)CNC(=O)[C@@H](C)Sc1ccc(C)cc1. The molecule has 0 fully saturated rings. The Labute approximate surface area is 134 Å². The average molecular weight is 308 g/mol. The fourth-order valence-corrected chi connectivity index (χ4v) is 3.10. The lowest BCUT2D eigenvalue weighted by molar-refractivity contribution is -0.120. The molecule has 1 amide bonds. The molecule has 2 atom stereocenters. The highest BCUT2D eigenvalue weighted by atomic mass is 32.2. The highest BCUT2D eigenvalue weighted by molar-refractivity contribution is 8.00. The minimum absolute atomic E-state index is 0.0450. The van der Waals surface area contributed by atoms with E-state index < -0.39 is 0 Å². The second kappa shape index (κ2) is 9.88. The van der Waals surface area contributed by atoms with Crippen molar-refractivity contribution in [2.45, 2.75) is 63.5 Å². The summed E-state index contributed by atoms with van der Waals surface area (Å²) >= 11 is 1.63. The second-order valence-electron chi connectivity index (χ2n) is 5.73. The van der Waals surface area contributed by atoms with Gasteiger partial charge in [0, 0.05) is 11.4 Å². The van der Waals surface area contributed by atoms with Crippen LogP contribution in [-0.4, -0.2) is 17.7 Å². The number of hydrogen-bond acceptors (Lipinski definition) is 2. The van der Waals surface area contributed by atoms with Crippen molar-refractivity contribution in [3.63, 3.8) is 0 Å². The van der Waals surface area contributed by atoms with Gasteiger partial charge in [-0.1, -0.05) is 50.8 Å². The molecule has 1 N–H and O–H groups in total. The summed E-state index contributed by atoms with van der Waals surface area (Å²) < 4.78 is 0. The molecule has 1 aromatic rings. The third-order valence-electron chi connectivity index (χ3n) is 3.81. The highest BCUT2D eigenvalue weighted by Gasteiger charge is 2.15. The van der Waals surface area contributed by atoms with Gasteiger partial charge in [-0.2, -0.15) is 0 Å². The summed E-state index contributed by atoms with van der Waals surface area (Å²) in [7, 11) is 0. The van der Waals surface area contributed by atoms with E-state index in [1.165, 1.54) is 24.8 Å². The van der Waals surface area contributed by atoms with Crippen molar-refractivity contribution in [1.82, 2.24) is 5.32 Å². The monoisotopic (exact) mass is 307 g/mol. The van der Waals surface area contributed by atoms with Crippen molar-refractivity contribution in [3.8, 4) is 0 Å². The van der Waals surface area contributed by atoms with Crippen molar-refractivity contribution in [1.29, 1.82) is 0 Å². The Morgan fingerprint density at radius 2 is 1.90 bits per heavy atom. The summed E-state index contributed by atoms with van der Waals surface area (Å²) in [6.07, 6.45) is 4.83. The maximum absolute atomic E-state index is 12.2. The molecule has 21 heavy (non-hydrogen) atoms. The van der Waals surface area contributed by atoms with Gasteiger partial charge in [-0.3, -0.25) is 4.79 Å². The van der Waals surface area contributed by atoms with Gasteiger partial charge in [-0.05, 0) is 38.3 Å². The van der Waals surface area contributed by atoms with Crippen molar-refractivity contribution >= 4 is 17.7 Å². The summed E-state index contributed by atoms with van der Waals surface area (Å²) in [5, 5.41) is 3.07. The van der Waals surface area contributed by atoms with Crippen LogP contribution in [0.3, 0.4) is 0 Å². The van der Waals surface area contributed by atoms with Gasteiger partial charge >= 0.3 is 0 Å². The van der Waals surface area contributed by atoms with Crippen LogP contribution >= 0.6 is 11.8 Å². The zero-order chi connectivity index (χ0) is 15.7. The lowest BCUT2D eigenvalue weighted by Crippen LogP contribution is -2.34. The van der Waals surface area contributed by atoms with Crippen molar-refractivity contribution in [3.05, 3.63) is 29.8 Å². The number of rotatable bonds is 9. The Kier molecular flexibility index (Phi) is 8.51. The normalized spacial score (nSPS) is 13.7. The van der Waals surface area contributed by atoms with Crippen LogP contribution in [0.15, 0.2) is 29.2 Å². The largest absolute Gasteiger partial charge is 0.355 e. The van der Waals surface area contributed by atoms with Crippen LogP contribution in [0.2, 0.25) is 0 Å². The lowest BCUT2D eigenvalue weighted by Gasteiger charge is -2.17. The van der Waals surface area contributed by atoms with E-state index in [0.717, 1.165) is 17.9 Å². The number of nitrogens with one attached hydrogen (secondary N) is 1. The Morgan fingerprint density at radius 1 is 1.24 bits per heavy atom. The van der Waals surface area contributed by atoms with E-state index in [9.17, 15) is 4.79 Å². The summed E-state index contributed by atoms with van der Waals surface area (Å²) in [6.45, 7) is 9.29. The summed E-state index contributed by atoms with van der Waals surface area (Å²) in [5.41, 5.74) is 1.25. The minimum atomic E-state index is -0.0450. The molecule has 0 aliphatic heterocycles. The number of amides is 1. The van der Waals surface area contributed by atoms with E-state index >= 15 is 0 Å². The first-order valence-electron chi connectivity index (χ1n) is 8.07. The summed E-state index contributed by atoms with van der Waals surface area (Å²) in [5.74, 6) is 0.765. The first-order chi connectivity index (χ1) is 10.1. The number of aryl methyl sites for hydroxylation is 1. The third-order valence-corrected chi connectivity index (χ3v) is 4.92. The molecule has 0 saturated carbocycles. The number of carbonyl (C=O) groups is 1. The molecule has 0 unspecified atom stereocenters. The Balaban J connectivity index is 2.38. The molecule has 0 heterocycles. The van der Waals surface area contributed by atoms with Crippen LogP contribution in [0.1, 0.15) is 52.0 Å². The van der Waals surface area contributed by atoms with E-state index in [1.807, 2.05) is 6.92 Å². The van der Waals surface area contributed by atoms with Gasteiger partial charge in [-0.25, -0.2) is 0 Å². The van der Waals surface area contributed by atoms with Crippen molar-refractivity contribution < 1.29 is 4.79 Å². The number of unbranched alkanes of at least 4 members (excludes halogenated alkanes) is 1. The topological polar surface area (TPSA) is 29.1 Å². The van der Waals surface area contributed by atoms with Gasteiger partial charge in [0.1, 0.15) is 0 Å². The molecule has 0 aliphatic carbocycles. The summed E-state index contributed by atoms with van der Waals surface area (Å²) in [4.78, 5) is 13.3. The number of benzene rings is 1. The minimum Gasteiger partial charge on any atom is -0.355 e.